The Kier molecular flexibility index (Phi) is 5.56. The molecular formula is C19H17ClO4S. The molecule has 0 saturated heterocycles. The van der Waals surface area contributed by atoms with Crippen LogP contribution in [0.2, 0.25) is 5.02 Å². The Morgan fingerprint density at radius 2 is 2.12 bits per heavy atom. The van der Waals surface area contributed by atoms with Gasteiger partial charge >= 0.3 is 11.6 Å². The lowest BCUT2D eigenvalue weighted by Gasteiger charge is -2.09. The van der Waals surface area contributed by atoms with E-state index >= 15 is 0 Å². The molecule has 2 heterocycles. The van der Waals surface area contributed by atoms with Crippen molar-refractivity contribution in [3.8, 4) is 0 Å². The highest BCUT2D eigenvalue weighted by molar-refractivity contribution is 7.07. The van der Waals surface area contributed by atoms with Crippen LogP contribution < -0.4 is 5.63 Å². The lowest BCUT2D eigenvalue weighted by atomic mass is 10.1. The zero-order valence-electron chi connectivity index (χ0n) is 13.7. The van der Waals surface area contributed by atoms with Crippen LogP contribution in [0.1, 0.15) is 30.0 Å². The summed E-state index contributed by atoms with van der Waals surface area (Å²) >= 11 is 7.86. The summed E-state index contributed by atoms with van der Waals surface area (Å²) < 4.78 is 10.6. The van der Waals surface area contributed by atoms with Crippen molar-refractivity contribution in [2.75, 3.05) is 0 Å². The van der Waals surface area contributed by atoms with Gasteiger partial charge in [0.05, 0.1) is 0 Å². The van der Waals surface area contributed by atoms with Crippen molar-refractivity contribution in [3.63, 3.8) is 0 Å². The van der Waals surface area contributed by atoms with Gasteiger partial charge in [0.1, 0.15) is 12.2 Å². The van der Waals surface area contributed by atoms with Crippen LogP contribution in [-0.2, 0) is 29.0 Å². The van der Waals surface area contributed by atoms with Crippen molar-refractivity contribution in [1.82, 2.24) is 0 Å². The molecule has 0 aliphatic heterocycles. The summed E-state index contributed by atoms with van der Waals surface area (Å²) in [5.74, 6) is -0.302. The molecule has 0 saturated carbocycles. The smallest absolute Gasteiger partial charge is 0.336 e. The molecule has 25 heavy (non-hydrogen) atoms. The van der Waals surface area contributed by atoms with Gasteiger partial charge in [-0.15, -0.1) is 0 Å². The number of rotatable bonds is 6. The first-order valence-corrected chi connectivity index (χ1v) is 9.30. The second-order valence-electron chi connectivity index (χ2n) is 5.68. The van der Waals surface area contributed by atoms with Crippen LogP contribution in [-0.4, -0.2) is 5.97 Å². The van der Waals surface area contributed by atoms with Gasteiger partial charge in [0.2, 0.25) is 0 Å². The second-order valence-corrected chi connectivity index (χ2v) is 6.86. The first kappa shape index (κ1) is 17.7. The molecule has 0 radical (unpaired) electrons. The van der Waals surface area contributed by atoms with Gasteiger partial charge in [-0.1, -0.05) is 18.5 Å². The zero-order chi connectivity index (χ0) is 17.8. The second kappa shape index (κ2) is 7.85. The lowest BCUT2D eigenvalue weighted by molar-refractivity contribution is -0.144. The quantitative estimate of drug-likeness (QED) is 0.460. The van der Waals surface area contributed by atoms with Crippen molar-refractivity contribution in [2.45, 2.75) is 32.8 Å². The van der Waals surface area contributed by atoms with Crippen LogP contribution in [0, 0.1) is 0 Å². The number of ether oxygens (including phenoxy) is 1. The molecule has 0 fully saturated rings. The largest absolute Gasteiger partial charge is 0.461 e. The summed E-state index contributed by atoms with van der Waals surface area (Å²) in [6.45, 7) is 2.00. The van der Waals surface area contributed by atoms with Gasteiger partial charge in [0, 0.05) is 28.5 Å². The van der Waals surface area contributed by atoms with Crippen LogP contribution in [0.4, 0.5) is 0 Å². The summed E-state index contributed by atoms with van der Waals surface area (Å²) in [6.07, 6.45) is 1.68. The highest BCUT2D eigenvalue weighted by Crippen LogP contribution is 2.26. The van der Waals surface area contributed by atoms with Gasteiger partial charge in [-0.05, 0) is 52.9 Å². The van der Waals surface area contributed by atoms with Gasteiger partial charge in [-0.25, -0.2) is 4.79 Å². The number of thiophene rings is 1. The van der Waals surface area contributed by atoms with E-state index in [9.17, 15) is 9.59 Å². The predicted octanol–water partition coefficient (Wildman–Crippen LogP) is 4.75. The molecule has 4 nitrogen and oxygen atoms in total. The summed E-state index contributed by atoms with van der Waals surface area (Å²) in [5.41, 5.74) is 2.60. The van der Waals surface area contributed by atoms with Gasteiger partial charge in [0.25, 0.3) is 0 Å². The minimum atomic E-state index is -0.471. The van der Waals surface area contributed by atoms with E-state index in [0.29, 0.717) is 34.4 Å². The molecule has 0 aliphatic rings. The number of fused-ring (bicyclic) bond motifs is 1. The maximum absolute atomic E-state index is 12.0. The number of hydrogen-bond acceptors (Lipinski definition) is 5. The molecule has 130 valence electrons. The SMILES string of the molecule is CCc1cc2oc(=O)cc(COC(=O)CCc3ccsc3)c2cc1Cl. The normalized spacial score (nSPS) is 11.0. The minimum absolute atomic E-state index is 0.0202. The summed E-state index contributed by atoms with van der Waals surface area (Å²) in [4.78, 5) is 23.7. The summed E-state index contributed by atoms with van der Waals surface area (Å²) in [5, 5.41) is 5.28. The number of aryl methyl sites for hydroxylation is 2. The third-order valence-corrected chi connectivity index (χ3v) is 5.05. The first-order valence-electron chi connectivity index (χ1n) is 7.98. The molecule has 0 aliphatic carbocycles. The zero-order valence-corrected chi connectivity index (χ0v) is 15.3. The molecule has 0 atom stereocenters. The molecule has 3 aromatic rings. The molecule has 1 aromatic carbocycles. The average Bonchev–Trinajstić information content (AvgIpc) is 3.11. The van der Waals surface area contributed by atoms with Gasteiger partial charge in [-0.3, -0.25) is 4.79 Å². The van der Waals surface area contributed by atoms with E-state index in [1.807, 2.05) is 23.8 Å². The van der Waals surface area contributed by atoms with Crippen molar-refractivity contribution in [1.29, 1.82) is 0 Å². The fourth-order valence-corrected chi connectivity index (χ4v) is 3.59. The molecule has 6 heteroatoms. The molecular weight excluding hydrogens is 360 g/mol. The van der Waals surface area contributed by atoms with Gasteiger partial charge in [-0.2, -0.15) is 11.3 Å². The monoisotopic (exact) mass is 376 g/mol. The molecule has 0 unspecified atom stereocenters. The van der Waals surface area contributed by atoms with Crippen LogP contribution in [0.25, 0.3) is 11.0 Å². The number of halogens is 1. The predicted molar refractivity (Wildman–Crippen MR) is 99.3 cm³/mol. The van der Waals surface area contributed by atoms with E-state index in [1.54, 1.807) is 23.5 Å². The Bertz CT molecular complexity index is 944. The molecule has 0 bridgehead atoms. The molecule has 3 rings (SSSR count). The third-order valence-electron chi connectivity index (χ3n) is 3.96. The number of esters is 1. The average molecular weight is 377 g/mol. The van der Waals surface area contributed by atoms with E-state index in [0.717, 1.165) is 17.5 Å². The van der Waals surface area contributed by atoms with E-state index in [2.05, 4.69) is 0 Å². The third kappa shape index (κ3) is 4.30. The van der Waals surface area contributed by atoms with Crippen LogP contribution in [0.3, 0.4) is 0 Å². The molecule has 0 spiro atoms. The van der Waals surface area contributed by atoms with Gasteiger partial charge < -0.3 is 9.15 Å². The maximum atomic E-state index is 12.0. The Hall–Kier alpha value is -2.11. The van der Waals surface area contributed by atoms with Crippen molar-refractivity contribution in [2.24, 2.45) is 0 Å². The van der Waals surface area contributed by atoms with Crippen molar-refractivity contribution in [3.05, 3.63) is 67.2 Å². The standard InChI is InChI=1S/C19H17ClO4S/c1-2-13-7-17-15(9-16(13)20)14(8-19(22)24-17)10-23-18(21)4-3-12-5-6-25-11-12/h5-9,11H,2-4,10H2,1H3. The number of benzene rings is 1. The number of hydrogen-bond donors (Lipinski definition) is 0. The Morgan fingerprint density at radius 3 is 2.84 bits per heavy atom. The Morgan fingerprint density at radius 1 is 1.28 bits per heavy atom. The maximum Gasteiger partial charge on any atom is 0.336 e. The first-order chi connectivity index (χ1) is 12.1. The van der Waals surface area contributed by atoms with E-state index in [1.165, 1.54) is 6.07 Å². The van der Waals surface area contributed by atoms with Crippen molar-refractivity contribution < 1.29 is 13.9 Å². The lowest BCUT2D eigenvalue weighted by Crippen LogP contribution is -2.08. The van der Waals surface area contributed by atoms with Crippen LogP contribution >= 0.6 is 22.9 Å². The number of carbonyl (C=O) groups is 1. The minimum Gasteiger partial charge on any atom is -0.461 e. The highest BCUT2D eigenvalue weighted by atomic mass is 35.5. The number of carbonyl (C=O) groups excluding carboxylic acids is 1. The van der Waals surface area contributed by atoms with E-state index in [4.69, 9.17) is 20.8 Å². The topological polar surface area (TPSA) is 56.5 Å². The Balaban J connectivity index is 1.75. The molecule has 2 aromatic heterocycles. The fraction of sp³-hybridized carbons (Fsp3) is 0.263. The van der Waals surface area contributed by atoms with E-state index < -0.39 is 5.63 Å². The van der Waals surface area contributed by atoms with Crippen LogP contribution in [0.5, 0.6) is 0 Å². The van der Waals surface area contributed by atoms with Gasteiger partial charge in [0.15, 0.2) is 0 Å². The summed E-state index contributed by atoms with van der Waals surface area (Å²) in [6, 6.07) is 6.85. The van der Waals surface area contributed by atoms with Crippen LogP contribution in [0.15, 0.2) is 44.2 Å². The Labute approximate surface area is 154 Å². The van der Waals surface area contributed by atoms with E-state index in [-0.39, 0.29) is 12.6 Å². The fourth-order valence-electron chi connectivity index (χ4n) is 2.59. The molecule has 0 amide bonds. The highest BCUT2D eigenvalue weighted by Gasteiger charge is 2.12. The summed E-state index contributed by atoms with van der Waals surface area (Å²) in [7, 11) is 0. The molecule has 0 N–H and O–H groups in total. The van der Waals surface area contributed by atoms with Crippen molar-refractivity contribution >= 4 is 39.9 Å².